The van der Waals surface area contributed by atoms with Gasteiger partial charge in [-0.3, -0.25) is 4.79 Å². The average Bonchev–Trinajstić information content (AvgIpc) is 3.19. The predicted molar refractivity (Wildman–Crippen MR) is 105 cm³/mol. The normalized spacial score (nSPS) is 20.4. The molecule has 2 aliphatic heterocycles. The van der Waals surface area contributed by atoms with Gasteiger partial charge in [-0.05, 0) is 42.0 Å². The fourth-order valence-electron chi connectivity index (χ4n) is 3.52. The number of carbonyl (C=O) groups excluding carboxylic acids is 1. The summed E-state index contributed by atoms with van der Waals surface area (Å²) in [5, 5.41) is -0.173. The van der Waals surface area contributed by atoms with Crippen molar-refractivity contribution < 1.29 is 14.3 Å². The van der Waals surface area contributed by atoms with Crippen molar-refractivity contribution in [3.05, 3.63) is 84.4 Å². The van der Waals surface area contributed by atoms with Gasteiger partial charge in [-0.2, -0.15) is 0 Å². The molecule has 1 amide bonds. The van der Waals surface area contributed by atoms with Crippen LogP contribution in [-0.4, -0.2) is 18.0 Å². The largest absolute Gasteiger partial charge is 0.454 e. The van der Waals surface area contributed by atoms with Crippen LogP contribution >= 0.6 is 11.8 Å². The zero-order valence-electron chi connectivity index (χ0n) is 14.4. The first-order valence-electron chi connectivity index (χ1n) is 8.81. The predicted octanol–water partition coefficient (Wildman–Crippen LogP) is 4.66. The molecule has 1 saturated heterocycles. The summed E-state index contributed by atoms with van der Waals surface area (Å²) in [6, 6.07) is 25.8. The van der Waals surface area contributed by atoms with Crippen molar-refractivity contribution >= 4 is 23.4 Å². The molecule has 27 heavy (non-hydrogen) atoms. The van der Waals surface area contributed by atoms with Gasteiger partial charge in [0.05, 0.1) is 6.04 Å². The summed E-state index contributed by atoms with van der Waals surface area (Å²) in [7, 11) is 0. The molecule has 5 heteroatoms. The zero-order valence-corrected chi connectivity index (χ0v) is 15.3. The van der Waals surface area contributed by atoms with Gasteiger partial charge in [0.2, 0.25) is 12.7 Å². The van der Waals surface area contributed by atoms with Crippen LogP contribution in [0, 0.1) is 0 Å². The minimum atomic E-state index is -0.173. The molecule has 0 radical (unpaired) electrons. The molecule has 0 spiro atoms. The van der Waals surface area contributed by atoms with Crippen LogP contribution in [0.1, 0.15) is 11.6 Å². The Balaban J connectivity index is 1.52. The summed E-state index contributed by atoms with van der Waals surface area (Å²) in [5.74, 6) is 1.61. The van der Waals surface area contributed by atoms with E-state index >= 15 is 0 Å². The molecule has 0 N–H and O–H groups in total. The first kappa shape index (κ1) is 16.3. The number of thioether (sulfide) groups is 1. The number of rotatable bonds is 4. The van der Waals surface area contributed by atoms with E-state index < -0.39 is 0 Å². The molecule has 0 aliphatic carbocycles. The molecule has 3 aromatic carbocycles. The highest BCUT2D eigenvalue weighted by atomic mass is 32.2. The Kier molecular flexibility index (Phi) is 4.02. The summed E-state index contributed by atoms with van der Waals surface area (Å²) in [5.41, 5.74) is 1.96. The lowest BCUT2D eigenvalue weighted by Gasteiger charge is -2.47. The van der Waals surface area contributed by atoms with Crippen molar-refractivity contribution in [2.24, 2.45) is 0 Å². The standard InChI is InChI=1S/C22H17NO3S/c24-22-21(27-17-9-5-2-6-10-17)20(23(22)16-7-3-1-4-8-16)15-11-12-18-19(13-15)26-14-25-18/h1-13,20-21H,14H2/t20-,21+/m0/s1. The molecule has 0 bridgehead atoms. The first-order valence-corrected chi connectivity index (χ1v) is 9.68. The van der Waals surface area contributed by atoms with Crippen LogP contribution in [0.4, 0.5) is 5.69 Å². The summed E-state index contributed by atoms with van der Waals surface area (Å²) in [4.78, 5) is 16.0. The Morgan fingerprint density at radius 1 is 0.852 bits per heavy atom. The minimum Gasteiger partial charge on any atom is -0.454 e. The second kappa shape index (κ2) is 6.67. The molecular formula is C22H17NO3S. The number of amides is 1. The van der Waals surface area contributed by atoms with E-state index in [9.17, 15) is 4.79 Å². The van der Waals surface area contributed by atoms with Crippen molar-refractivity contribution in [2.45, 2.75) is 16.2 Å². The second-order valence-electron chi connectivity index (χ2n) is 6.45. The van der Waals surface area contributed by atoms with Gasteiger partial charge in [0, 0.05) is 10.6 Å². The quantitative estimate of drug-likeness (QED) is 0.622. The molecule has 5 rings (SSSR count). The molecule has 4 nitrogen and oxygen atoms in total. The smallest absolute Gasteiger partial charge is 0.243 e. The van der Waals surface area contributed by atoms with E-state index in [1.807, 2.05) is 83.8 Å². The Bertz CT molecular complexity index is 977. The Morgan fingerprint density at radius 3 is 2.33 bits per heavy atom. The number of nitrogens with zero attached hydrogens (tertiary/aromatic N) is 1. The van der Waals surface area contributed by atoms with Crippen LogP contribution in [0.25, 0.3) is 0 Å². The van der Waals surface area contributed by atoms with Gasteiger partial charge in [0.25, 0.3) is 0 Å². The SMILES string of the molecule is O=C1[C@H](Sc2ccccc2)[C@H](c2ccc3c(c2)OCO3)N1c1ccccc1. The summed E-state index contributed by atoms with van der Waals surface area (Å²) in [6.45, 7) is 0.243. The van der Waals surface area contributed by atoms with Crippen LogP contribution in [0.3, 0.4) is 0 Å². The molecule has 0 saturated carbocycles. The highest BCUT2D eigenvalue weighted by Gasteiger charge is 2.49. The number of ether oxygens (including phenoxy) is 2. The van der Waals surface area contributed by atoms with Crippen LogP contribution in [-0.2, 0) is 4.79 Å². The van der Waals surface area contributed by atoms with E-state index in [4.69, 9.17) is 9.47 Å². The van der Waals surface area contributed by atoms with Gasteiger partial charge in [-0.1, -0.05) is 42.5 Å². The topological polar surface area (TPSA) is 38.8 Å². The molecule has 0 aromatic heterocycles. The number of benzene rings is 3. The van der Waals surface area contributed by atoms with Crippen molar-refractivity contribution in [2.75, 3.05) is 11.7 Å². The molecule has 2 atom stereocenters. The van der Waals surface area contributed by atoms with Crippen LogP contribution in [0.5, 0.6) is 11.5 Å². The Morgan fingerprint density at radius 2 is 1.56 bits per heavy atom. The van der Waals surface area contributed by atoms with Gasteiger partial charge in [0.15, 0.2) is 11.5 Å². The summed E-state index contributed by atoms with van der Waals surface area (Å²) >= 11 is 1.61. The van der Waals surface area contributed by atoms with E-state index in [-0.39, 0.29) is 24.0 Å². The number of fused-ring (bicyclic) bond motifs is 1. The molecule has 2 aliphatic rings. The van der Waals surface area contributed by atoms with E-state index in [0.717, 1.165) is 27.6 Å². The molecule has 3 aromatic rings. The second-order valence-corrected chi connectivity index (χ2v) is 7.67. The third-order valence-corrected chi connectivity index (χ3v) is 6.08. The summed E-state index contributed by atoms with van der Waals surface area (Å²) < 4.78 is 11.0. The lowest BCUT2D eigenvalue weighted by Crippen LogP contribution is -2.57. The van der Waals surface area contributed by atoms with Gasteiger partial charge >= 0.3 is 0 Å². The summed E-state index contributed by atoms with van der Waals surface area (Å²) in [6.07, 6.45) is 0. The number of para-hydroxylation sites is 1. The van der Waals surface area contributed by atoms with Crippen molar-refractivity contribution in [1.29, 1.82) is 0 Å². The number of β-lactam (4-membered cyclic amide) rings is 1. The fourth-order valence-corrected chi connectivity index (χ4v) is 4.75. The number of hydrogen-bond donors (Lipinski definition) is 0. The van der Waals surface area contributed by atoms with Crippen molar-refractivity contribution in [3.63, 3.8) is 0 Å². The lowest BCUT2D eigenvalue weighted by atomic mass is 9.92. The van der Waals surface area contributed by atoms with Gasteiger partial charge in [-0.15, -0.1) is 11.8 Å². The minimum absolute atomic E-state index is 0.0559. The Labute approximate surface area is 161 Å². The fraction of sp³-hybridized carbons (Fsp3) is 0.136. The van der Waals surface area contributed by atoms with E-state index in [0.29, 0.717) is 0 Å². The number of carbonyl (C=O) groups is 1. The zero-order chi connectivity index (χ0) is 18.2. The monoisotopic (exact) mass is 375 g/mol. The molecule has 1 fully saturated rings. The Hall–Kier alpha value is -2.92. The molecular weight excluding hydrogens is 358 g/mol. The highest BCUT2D eigenvalue weighted by molar-refractivity contribution is 8.00. The third kappa shape index (κ3) is 2.84. The van der Waals surface area contributed by atoms with Crippen molar-refractivity contribution in [3.8, 4) is 11.5 Å². The molecule has 134 valence electrons. The first-order chi connectivity index (χ1) is 13.3. The van der Waals surface area contributed by atoms with Gasteiger partial charge in [0.1, 0.15) is 5.25 Å². The molecule has 2 heterocycles. The van der Waals surface area contributed by atoms with Gasteiger partial charge in [-0.25, -0.2) is 0 Å². The molecule has 0 unspecified atom stereocenters. The highest BCUT2D eigenvalue weighted by Crippen LogP contribution is 2.48. The number of anilines is 1. The van der Waals surface area contributed by atoms with E-state index in [2.05, 4.69) is 0 Å². The van der Waals surface area contributed by atoms with Gasteiger partial charge < -0.3 is 14.4 Å². The van der Waals surface area contributed by atoms with Crippen LogP contribution in [0.15, 0.2) is 83.8 Å². The van der Waals surface area contributed by atoms with E-state index in [1.165, 1.54) is 0 Å². The average molecular weight is 375 g/mol. The third-order valence-electron chi connectivity index (χ3n) is 4.82. The van der Waals surface area contributed by atoms with Crippen LogP contribution in [0.2, 0.25) is 0 Å². The van der Waals surface area contributed by atoms with E-state index in [1.54, 1.807) is 11.8 Å². The maximum Gasteiger partial charge on any atom is 0.243 e. The lowest BCUT2D eigenvalue weighted by molar-refractivity contribution is -0.123. The maximum absolute atomic E-state index is 13.0. The number of hydrogen-bond acceptors (Lipinski definition) is 4. The van der Waals surface area contributed by atoms with Crippen molar-refractivity contribution in [1.82, 2.24) is 0 Å². The maximum atomic E-state index is 13.0. The van der Waals surface area contributed by atoms with Crippen LogP contribution < -0.4 is 14.4 Å².